The van der Waals surface area contributed by atoms with Gasteiger partial charge in [0.15, 0.2) is 0 Å². The lowest BCUT2D eigenvalue weighted by atomic mass is 10.2. The quantitative estimate of drug-likeness (QED) is 0.792. The second-order valence-corrected chi connectivity index (χ2v) is 5.54. The molecule has 5 nitrogen and oxygen atoms in total. The molecular formula is C13H13N5S. The van der Waals surface area contributed by atoms with Crippen LogP contribution in [-0.4, -0.2) is 20.2 Å². The summed E-state index contributed by atoms with van der Waals surface area (Å²) in [7, 11) is 0. The van der Waals surface area contributed by atoms with Gasteiger partial charge in [-0.25, -0.2) is 4.68 Å². The molecule has 96 valence electrons. The zero-order valence-electron chi connectivity index (χ0n) is 10.4. The molecule has 0 bridgehead atoms. The Morgan fingerprint density at radius 3 is 2.95 bits per heavy atom. The van der Waals surface area contributed by atoms with Crippen LogP contribution in [0.25, 0.3) is 5.69 Å². The highest BCUT2D eigenvalue weighted by atomic mass is 32.1. The zero-order chi connectivity index (χ0) is 13.1. The molecule has 0 radical (unpaired) electrons. The van der Waals surface area contributed by atoms with Gasteiger partial charge in [0.05, 0.1) is 5.69 Å². The van der Waals surface area contributed by atoms with E-state index in [0.717, 1.165) is 17.9 Å². The predicted octanol–water partition coefficient (Wildman–Crippen LogP) is 2.64. The zero-order valence-corrected chi connectivity index (χ0v) is 11.3. The van der Waals surface area contributed by atoms with E-state index in [1.54, 1.807) is 11.0 Å². The van der Waals surface area contributed by atoms with Crippen molar-refractivity contribution in [3.05, 3.63) is 52.5 Å². The van der Waals surface area contributed by atoms with Crippen LogP contribution in [0.1, 0.15) is 9.75 Å². The van der Waals surface area contributed by atoms with Crippen molar-refractivity contribution in [2.75, 3.05) is 5.32 Å². The number of anilines is 1. The number of rotatable bonds is 4. The molecular weight excluding hydrogens is 258 g/mol. The number of aryl methyl sites for hydroxylation is 1. The van der Waals surface area contributed by atoms with Crippen LogP contribution in [0.5, 0.6) is 0 Å². The molecule has 0 amide bonds. The van der Waals surface area contributed by atoms with E-state index in [9.17, 15) is 0 Å². The van der Waals surface area contributed by atoms with E-state index in [2.05, 4.69) is 39.9 Å². The number of thiophene rings is 1. The SMILES string of the molecule is Cc1ccc(CNc2cccc(-n3cnnn3)c2)s1. The van der Waals surface area contributed by atoms with Crippen LogP contribution in [0.4, 0.5) is 5.69 Å². The first-order valence-corrected chi connectivity index (χ1v) is 6.75. The van der Waals surface area contributed by atoms with Gasteiger partial charge in [-0.05, 0) is 47.7 Å². The van der Waals surface area contributed by atoms with Crippen molar-refractivity contribution >= 4 is 17.0 Å². The Kier molecular flexibility index (Phi) is 3.24. The van der Waals surface area contributed by atoms with E-state index in [1.807, 2.05) is 35.6 Å². The van der Waals surface area contributed by atoms with Crippen molar-refractivity contribution in [3.8, 4) is 5.69 Å². The highest BCUT2D eigenvalue weighted by Crippen LogP contribution is 2.18. The molecule has 3 rings (SSSR count). The standard InChI is InChI=1S/C13H13N5S/c1-10-5-6-13(19-10)8-14-11-3-2-4-12(7-11)18-9-15-16-17-18/h2-7,9,14H,8H2,1H3. The van der Waals surface area contributed by atoms with Crippen molar-refractivity contribution in [1.29, 1.82) is 0 Å². The van der Waals surface area contributed by atoms with Gasteiger partial charge in [0, 0.05) is 22.0 Å². The number of nitrogens with zero attached hydrogens (tertiary/aromatic N) is 4. The van der Waals surface area contributed by atoms with Gasteiger partial charge in [-0.15, -0.1) is 16.4 Å². The Balaban J connectivity index is 1.73. The summed E-state index contributed by atoms with van der Waals surface area (Å²) in [6.07, 6.45) is 1.59. The molecule has 0 saturated heterocycles. The minimum Gasteiger partial charge on any atom is -0.380 e. The summed E-state index contributed by atoms with van der Waals surface area (Å²) in [5.41, 5.74) is 2.00. The van der Waals surface area contributed by atoms with Crippen molar-refractivity contribution in [3.63, 3.8) is 0 Å². The fourth-order valence-corrected chi connectivity index (χ4v) is 2.64. The maximum Gasteiger partial charge on any atom is 0.143 e. The van der Waals surface area contributed by atoms with Crippen LogP contribution in [0.15, 0.2) is 42.7 Å². The van der Waals surface area contributed by atoms with Crippen LogP contribution in [-0.2, 0) is 6.54 Å². The molecule has 1 N–H and O–H groups in total. The first-order valence-electron chi connectivity index (χ1n) is 5.94. The van der Waals surface area contributed by atoms with E-state index in [4.69, 9.17) is 0 Å². The van der Waals surface area contributed by atoms with Gasteiger partial charge in [-0.2, -0.15) is 0 Å². The minimum absolute atomic E-state index is 0.831. The van der Waals surface area contributed by atoms with Crippen LogP contribution in [0, 0.1) is 6.92 Å². The first-order chi connectivity index (χ1) is 9.31. The van der Waals surface area contributed by atoms with E-state index < -0.39 is 0 Å². The molecule has 0 fully saturated rings. The number of benzene rings is 1. The van der Waals surface area contributed by atoms with E-state index in [0.29, 0.717) is 0 Å². The fraction of sp³-hybridized carbons (Fsp3) is 0.154. The maximum absolute atomic E-state index is 3.88. The molecule has 0 atom stereocenters. The van der Waals surface area contributed by atoms with Crippen molar-refractivity contribution in [2.24, 2.45) is 0 Å². The van der Waals surface area contributed by atoms with Gasteiger partial charge >= 0.3 is 0 Å². The molecule has 19 heavy (non-hydrogen) atoms. The molecule has 0 unspecified atom stereocenters. The Morgan fingerprint density at radius 2 is 2.21 bits per heavy atom. The Labute approximate surface area is 114 Å². The van der Waals surface area contributed by atoms with Crippen LogP contribution >= 0.6 is 11.3 Å². The van der Waals surface area contributed by atoms with Gasteiger partial charge in [-0.1, -0.05) is 6.07 Å². The van der Waals surface area contributed by atoms with E-state index >= 15 is 0 Å². The molecule has 0 aliphatic heterocycles. The number of tetrazole rings is 1. The molecule has 6 heteroatoms. The summed E-state index contributed by atoms with van der Waals surface area (Å²) in [6.45, 7) is 2.95. The average molecular weight is 271 g/mol. The summed E-state index contributed by atoms with van der Waals surface area (Å²) in [4.78, 5) is 2.66. The van der Waals surface area contributed by atoms with Gasteiger partial charge in [0.25, 0.3) is 0 Å². The normalized spacial score (nSPS) is 10.6. The third-order valence-corrected chi connectivity index (χ3v) is 3.72. The highest BCUT2D eigenvalue weighted by molar-refractivity contribution is 7.11. The topological polar surface area (TPSA) is 55.6 Å². The summed E-state index contributed by atoms with van der Waals surface area (Å²) < 4.78 is 1.64. The lowest BCUT2D eigenvalue weighted by molar-refractivity contribution is 0.789. The summed E-state index contributed by atoms with van der Waals surface area (Å²) in [6, 6.07) is 12.3. The van der Waals surface area contributed by atoms with Crippen LogP contribution in [0.2, 0.25) is 0 Å². The second kappa shape index (κ2) is 5.19. The van der Waals surface area contributed by atoms with Crippen molar-refractivity contribution in [1.82, 2.24) is 20.2 Å². The molecule has 0 aliphatic rings. The van der Waals surface area contributed by atoms with Gasteiger partial charge < -0.3 is 5.32 Å². The van der Waals surface area contributed by atoms with Gasteiger partial charge in [-0.3, -0.25) is 0 Å². The molecule has 1 aromatic carbocycles. The molecule has 3 aromatic rings. The fourth-order valence-electron chi connectivity index (χ4n) is 1.81. The number of hydrogen-bond donors (Lipinski definition) is 1. The monoisotopic (exact) mass is 271 g/mol. The van der Waals surface area contributed by atoms with Gasteiger partial charge in [0.1, 0.15) is 6.33 Å². The molecule has 0 aliphatic carbocycles. The maximum atomic E-state index is 3.88. The average Bonchev–Trinajstić information content (AvgIpc) is 3.08. The van der Waals surface area contributed by atoms with Crippen molar-refractivity contribution < 1.29 is 0 Å². The van der Waals surface area contributed by atoms with Crippen molar-refractivity contribution in [2.45, 2.75) is 13.5 Å². The number of aromatic nitrogens is 4. The number of hydrogen-bond acceptors (Lipinski definition) is 5. The number of nitrogens with one attached hydrogen (secondary N) is 1. The van der Waals surface area contributed by atoms with E-state index in [-0.39, 0.29) is 0 Å². The minimum atomic E-state index is 0.831. The summed E-state index contributed by atoms with van der Waals surface area (Å²) in [5, 5.41) is 14.6. The third kappa shape index (κ3) is 2.79. The summed E-state index contributed by atoms with van der Waals surface area (Å²) >= 11 is 1.81. The lowest BCUT2D eigenvalue weighted by Crippen LogP contribution is -2.00. The van der Waals surface area contributed by atoms with Crippen LogP contribution in [0.3, 0.4) is 0 Å². The summed E-state index contributed by atoms with van der Waals surface area (Å²) in [5.74, 6) is 0. The first kappa shape index (κ1) is 11.9. The van der Waals surface area contributed by atoms with Gasteiger partial charge in [0.2, 0.25) is 0 Å². The lowest BCUT2D eigenvalue weighted by Gasteiger charge is -2.06. The predicted molar refractivity (Wildman–Crippen MR) is 75.5 cm³/mol. The Hall–Kier alpha value is -2.21. The highest BCUT2D eigenvalue weighted by Gasteiger charge is 2.01. The van der Waals surface area contributed by atoms with Crippen LogP contribution < -0.4 is 5.32 Å². The second-order valence-electron chi connectivity index (χ2n) is 4.17. The molecule has 0 spiro atoms. The third-order valence-electron chi connectivity index (χ3n) is 2.72. The molecule has 2 heterocycles. The molecule has 0 saturated carbocycles. The Morgan fingerprint density at radius 1 is 1.26 bits per heavy atom. The Bertz CT molecular complexity index is 659. The van der Waals surface area contributed by atoms with E-state index in [1.165, 1.54) is 9.75 Å². The molecule has 2 aromatic heterocycles. The smallest absolute Gasteiger partial charge is 0.143 e. The largest absolute Gasteiger partial charge is 0.380 e.